The number of hydrogen-bond acceptors (Lipinski definition) is 7. The SMILES string of the molecule is CCS(=O)(=O)c1ccc(NC(=O)CCCc2ccc(C(Nc3ccc4cc[nH]c(=O)c4c3)C(=O)O)cc2)cc1CN.Cl. The number of aliphatic carboxylic acids is 1. The van der Waals surface area contributed by atoms with Crippen LogP contribution in [0.3, 0.4) is 0 Å². The number of anilines is 2. The van der Waals surface area contributed by atoms with E-state index >= 15 is 0 Å². The van der Waals surface area contributed by atoms with Gasteiger partial charge in [0.2, 0.25) is 5.91 Å². The normalized spacial score (nSPS) is 11.9. The molecule has 1 atom stereocenters. The zero-order chi connectivity index (χ0) is 29.6. The zero-order valence-electron chi connectivity index (χ0n) is 22.9. The Morgan fingerprint density at radius 2 is 1.71 bits per heavy atom. The first-order chi connectivity index (χ1) is 19.6. The molecule has 0 saturated heterocycles. The van der Waals surface area contributed by atoms with Gasteiger partial charge in [0, 0.05) is 35.9 Å². The molecule has 0 radical (unpaired) electrons. The second-order valence-electron chi connectivity index (χ2n) is 9.60. The molecule has 0 fully saturated rings. The number of aromatic amines is 1. The lowest BCUT2D eigenvalue weighted by molar-refractivity contribution is -0.138. The fourth-order valence-electron chi connectivity index (χ4n) is 4.56. The van der Waals surface area contributed by atoms with Crippen LogP contribution in [-0.4, -0.2) is 36.1 Å². The molecule has 0 aliphatic rings. The number of aromatic nitrogens is 1. The summed E-state index contributed by atoms with van der Waals surface area (Å²) in [6.45, 7) is 1.60. The minimum absolute atomic E-state index is 0. The summed E-state index contributed by atoms with van der Waals surface area (Å²) in [4.78, 5) is 39.4. The number of carboxylic acid groups (broad SMARTS) is 1. The van der Waals surface area contributed by atoms with Gasteiger partial charge in [0.15, 0.2) is 15.9 Å². The zero-order valence-corrected chi connectivity index (χ0v) is 24.6. The van der Waals surface area contributed by atoms with E-state index in [1.807, 2.05) is 12.1 Å². The van der Waals surface area contributed by atoms with Crippen LogP contribution in [0.2, 0.25) is 0 Å². The molecule has 0 aliphatic heterocycles. The number of carboxylic acids is 1. The number of benzene rings is 3. The van der Waals surface area contributed by atoms with E-state index in [-0.39, 0.29) is 47.5 Å². The van der Waals surface area contributed by atoms with Crippen molar-refractivity contribution in [1.82, 2.24) is 4.98 Å². The van der Waals surface area contributed by atoms with Crippen LogP contribution in [0.4, 0.5) is 11.4 Å². The molecular weight excluding hydrogens is 580 g/mol. The molecule has 10 nitrogen and oxygen atoms in total. The molecule has 0 saturated carbocycles. The lowest BCUT2D eigenvalue weighted by Gasteiger charge is -2.17. The van der Waals surface area contributed by atoms with Crippen molar-refractivity contribution in [2.45, 2.75) is 43.7 Å². The summed E-state index contributed by atoms with van der Waals surface area (Å²) >= 11 is 0. The Labute approximate surface area is 249 Å². The van der Waals surface area contributed by atoms with E-state index in [0.29, 0.717) is 40.7 Å². The highest BCUT2D eigenvalue weighted by Crippen LogP contribution is 2.24. The highest BCUT2D eigenvalue weighted by Gasteiger charge is 2.20. The number of halogens is 1. The summed E-state index contributed by atoms with van der Waals surface area (Å²) < 4.78 is 24.5. The first-order valence-corrected chi connectivity index (χ1v) is 14.8. The Balaban J connectivity index is 0.00000484. The average Bonchev–Trinajstić information content (AvgIpc) is 2.96. The summed E-state index contributed by atoms with van der Waals surface area (Å²) in [6.07, 6.45) is 2.97. The second-order valence-corrected chi connectivity index (χ2v) is 11.8. The van der Waals surface area contributed by atoms with Gasteiger partial charge in [-0.1, -0.05) is 37.3 Å². The number of amides is 1. The third kappa shape index (κ3) is 7.75. The van der Waals surface area contributed by atoms with Crippen LogP contribution in [0.5, 0.6) is 0 Å². The van der Waals surface area contributed by atoms with Gasteiger partial charge < -0.3 is 26.5 Å². The van der Waals surface area contributed by atoms with E-state index in [9.17, 15) is 27.9 Å². The fraction of sp³-hybridized carbons (Fsp3) is 0.233. The third-order valence-corrected chi connectivity index (χ3v) is 8.62. The van der Waals surface area contributed by atoms with E-state index in [4.69, 9.17) is 5.73 Å². The Morgan fingerprint density at radius 3 is 2.38 bits per heavy atom. The van der Waals surface area contributed by atoms with E-state index < -0.39 is 21.8 Å². The number of nitrogens with one attached hydrogen (secondary N) is 3. The van der Waals surface area contributed by atoms with Crippen LogP contribution < -0.4 is 21.9 Å². The Hall–Kier alpha value is -4.19. The van der Waals surface area contributed by atoms with Gasteiger partial charge in [0.25, 0.3) is 5.56 Å². The molecule has 0 aliphatic carbocycles. The predicted octanol–water partition coefficient (Wildman–Crippen LogP) is 4.40. The van der Waals surface area contributed by atoms with Crippen molar-refractivity contribution in [3.8, 4) is 0 Å². The molecule has 6 N–H and O–H groups in total. The maximum Gasteiger partial charge on any atom is 0.330 e. The number of pyridine rings is 1. The van der Waals surface area contributed by atoms with Gasteiger partial charge in [-0.2, -0.15) is 0 Å². The fourth-order valence-corrected chi connectivity index (χ4v) is 5.68. The minimum atomic E-state index is -3.41. The molecule has 0 bridgehead atoms. The Kier molecular flexibility index (Phi) is 10.9. The monoisotopic (exact) mass is 612 g/mol. The number of aryl methyl sites for hydroxylation is 1. The quantitative estimate of drug-likeness (QED) is 0.157. The summed E-state index contributed by atoms with van der Waals surface area (Å²) in [6, 6.07) is 17.6. The number of carbonyl (C=O) groups excluding carboxylic acids is 1. The smallest absolute Gasteiger partial charge is 0.330 e. The van der Waals surface area contributed by atoms with Crippen LogP contribution in [0.1, 0.15) is 42.5 Å². The highest BCUT2D eigenvalue weighted by atomic mass is 35.5. The summed E-state index contributed by atoms with van der Waals surface area (Å²) in [7, 11) is -3.41. The topological polar surface area (TPSA) is 171 Å². The number of carbonyl (C=O) groups is 2. The lowest BCUT2D eigenvalue weighted by atomic mass is 10.0. The summed E-state index contributed by atoms with van der Waals surface area (Å²) in [5.41, 5.74) is 8.42. The molecule has 1 unspecified atom stereocenters. The molecule has 3 aromatic carbocycles. The van der Waals surface area contributed by atoms with Crippen molar-refractivity contribution in [3.63, 3.8) is 0 Å². The standard InChI is InChI=1S/C30H32N4O6S.ClH/c1-2-41(39,40)26-13-12-23(16-22(26)18-31)33-27(35)5-3-4-19-6-8-21(9-7-19)28(30(37)38)34-24-11-10-20-14-15-32-29(36)25(20)17-24;/h6-17,28,34H,2-5,18,31H2,1H3,(H,32,36)(H,33,35)(H,37,38);1H. The maximum absolute atomic E-state index is 12.5. The summed E-state index contributed by atoms with van der Waals surface area (Å²) in [5.74, 6) is -1.30. The van der Waals surface area contributed by atoms with E-state index in [0.717, 1.165) is 10.9 Å². The van der Waals surface area contributed by atoms with Gasteiger partial charge in [-0.3, -0.25) is 9.59 Å². The van der Waals surface area contributed by atoms with Crippen LogP contribution in [-0.2, 0) is 32.4 Å². The van der Waals surface area contributed by atoms with Crippen LogP contribution >= 0.6 is 12.4 Å². The molecule has 222 valence electrons. The first kappa shape index (κ1) is 32.3. The molecule has 12 heteroatoms. The van der Waals surface area contributed by atoms with Gasteiger partial charge in [-0.05, 0) is 71.3 Å². The molecule has 1 amide bonds. The van der Waals surface area contributed by atoms with E-state index in [1.54, 1.807) is 61.7 Å². The number of nitrogens with two attached hydrogens (primary N) is 1. The molecule has 0 spiro atoms. The molecule has 4 aromatic rings. The van der Waals surface area contributed by atoms with Crippen molar-refractivity contribution >= 4 is 56.3 Å². The number of sulfone groups is 1. The van der Waals surface area contributed by atoms with Gasteiger partial charge >= 0.3 is 5.97 Å². The number of fused-ring (bicyclic) bond motifs is 1. The molecule has 4 rings (SSSR count). The van der Waals surface area contributed by atoms with Crippen molar-refractivity contribution in [3.05, 3.63) is 100.0 Å². The Bertz CT molecular complexity index is 1740. The van der Waals surface area contributed by atoms with E-state index in [1.165, 1.54) is 6.07 Å². The average molecular weight is 613 g/mol. The number of H-pyrrole nitrogens is 1. The molecule has 1 aromatic heterocycles. The first-order valence-electron chi connectivity index (χ1n) is 13.2. The van der Waals surface area contributed by atoms with Crippen molar-refractivity contribution in [2.75, 3.05) is 16.4 Å². The van der Waals surface area contributed by atoms with Crippen molar-refractivity contribution in [1.29, 1.82) is 0 Å². The van der Waals surface area contributed by atoms with E-state index in [2.05, 4.69) is 15.6 Å². The Morgan fingerprint density at radius 1 is 1.00 bits per heavy atom. The van der Waals surface area contributed by atoms with Gasteiger partial charge in [0.1, 0.15) is 0 Å². The largest absolute Gasteiger partial charge is 0.479 e. The maximum atomic E-state index is 12.5. The van der Waals surface area contributed by atoms with Gasteiger partial charge in [-0.25, -0.2) is 13.2 Å². The van der Waals surface area contributed by atoms with Crippen LogP contribution in [0.25, 0.3) is 10.8 Å². The highest BCUT2D eigenvalue weighted by molar-refractivity contribution is 7.91. The van der Waals surface area contributed by atoms with Crippen molar-refractivity contribution < 1.29 is 23.1 Å². The van der Waals surface area contributed by atoms with Gasteiger partial charge in [-0.15, -0.1) is 12.4 Å². The minimum Gasteiger partial charge on any atom is -0.479 e. The summed E-state index contributed by atoms with van der Waals surface area (Å²) in [5, 5.41) is 16.8. The lowest BCUT2D eigenvalue weighted by Crippen LogP contribution is -2.20. The van der Waals surface area contributed by atoms with Crippen LogP contribution in [0.15, 0.2) is 82.6 Å². The number of hydrogen-bond donors (Lipinski definition) is 5. The van der Waals surface area contributed by atoms with Crippen molar-refractivity contribution in [2.24, 2.45) is 5.73 Å². The van der Waals surface area contributed by atoms with Crippen LogP contribution in [0, 0.1) is 0 Å². The molecule has 1 heterocycles. The van der Waals surface area contributed by atoms with Gasteiger partial charge in [0.05, 0.1) is 10.6 Å². The molecule has 42 heavy (non-hydrogen) atoms. The molecular formula is C30H33ClN4O6S. The second kappa shape index (κ2) is 14.1. The number of rotatable bonds is 12. The predicted molar refractivity (Wildman–Crippen MR) is 166 cm³/mol. The third-order valence-electron chi connectivity index (χ3n) is 6.79.